The number of methoxy groups -OCH3 is 1. The molecule has 0 radical (unpaired) electrons. The topological polar surface area (TPSA) is 125 Å². The molecule has 3 aliphatic rings. The number of likely N-dealkylation sites (tertiary alicyclic amines) is 1. The van der Waals surface area contributed by atoms with Crippen LogP contribution >= 0.6 is 0 Å². The van der Waals surface area contributed by atoms with Gasteiger partial charge in [-0.3, -0.25) is 29.4 Å². The summed E-state index contributed by atoms with van der Waals surface area (Å²) in [5.74, 6) is -3.80. The summed E-state index contributed by atoms with van der Waals surface area (Å²) in [4.78, 5) is 52.5. The number of aliphatic carboxylic acids is 1. The third kappa shape index (κ3) is 3.06. The van der Waals surface area contributed by atoms with E-state index < -0.39 is 35.3 Å². The predicted molar refractivity (Wildman–Crippen MR) is 110 cm³/mol. The van der Waals surface area contributed by atoms with Crippen molar-refractivity contribution in [3.05, 3.63) is 28.8 Å². The molecule has 3 heterocycles. The SMILES string of the molecule is COCCCN1C(=O)C2C(CCC(=O)O)NC3(C(=O)Nc4c3ccc(C)c4C)C2C1=O. The molecule has 1 aromatic carbocycles. The maximum absolute atomic E-state index is 13.5. The molecule has 2 fully saturated rings. The van der Waals surface area contributed by atoms with E-state index in [9.17, 15) is 24.3 Å². The van der Waals surface area contributed by atoms with Gasteiger partial charge in [0.1, 0.15) is 5.54 Å². The van der Waals surface area contributed by atoms with Crippen LogP contribution in [0.25, 0.3) is 0 Å². The fourth-order valence-electron chi connectivity index (χ4n) is 5.29. The minimum Gasteiger partial charge on any atom is -0.481 e. The fourth-order valence-corrected chi connectivity index (χ4v) is 5.29. The number of ether oxygens (including phenoxy) is 1. The van der Waals surface area contributed by atoms with Gasteiger partial charge in [-0.1, -0.05) is 12.1 Å². The van der Waals surface area contributed by atoms with Gasteiger partial charge in [-0.05, 0) is 37.8 Å². The van der Waals surface area contributed by atoms with E-state index in [-0.39, 0.29) is 31.2 Å². The number of nitrogens with one attached hydrogen (secondary N) is 2. The Morgan fingerprint density at radius 3 is 2.65 bits per heavy atom. The first-order chi connectivity index (χ1) is 14.7. The highest BCUT2D eigenvalue weighted by molar-refractivity contribution is 6.15. The standard InChI is InChI=1S/C22H27N3O6/c1-11-5-6-13-18(12(11)2)23-21(30)22(13)17-16(14(24-22)7-8-15(26)27)19(28)25(20(17)29)9-4-10-31-3/h5-6,14,16-17,24H,4,7-10H2,1-3H3,(H,23,30)(H,26,27). The Morgan fingerprint density at radius 2 is 1.97 bits per heavy atom. The molecule has 4 unspecified atom stereocenters. The first-order valence-corrected chi connectivity index (χ1v) is 10.5. The summed E-state index contributed by atoms with van der Waals surface area (Å²) in [6.45, 7) is 4.46. The number of amides is 3. The Morgan fingerprint density at radius 1 is 1.23 bits per heavy atom. The molecule has 31 heavy (non-hydrogen) atoms. The van der Waals surface area contributed by atoms with Gasteiger partial charge >= 0.3 is 5.97 Å². The van der Waals surface area contributed by atoms with Crippen LogP contribution in [0.2, 0.25) is 0 Å². The van der Waals surface area contributed by atoms with E-state index in [2.05, 4.69) is 10.6 Å². The zero-order valence-electron chi connectivity index (χ0n) is 17.9. The molecule has 0 aromatic heterocycles. The summed E-state index contributed by atoms with van der Waals surface area (Å²) < 4.78 is 5.04. The van der Waals surface area contributed by atoms with Gasteiger partial charge in [0.15, 0.2) is 0 Å². The van der Waals surface area contributed by atoms with E-state index in [1.807, 2.05) is 26.0 Å². The first kappa shape index (κ1) is 21.5. The number of carboxylic acids is 1. The van der Waals surface area contributed by atoms with Gasteiger partial charge in [-0.15, -0.1) is 0 Å². The molecule has 4 atom stereocenters. The van der Waals surface area contributed by atoms with E-state index in [0.717, 1.165) is 11.1 Å². The molecule has 3 amide bonds. The fraction of sp³-hybridized carbons (Fsp3) is 0.545. The van der Waals surface area contributed by atoms with Crippen molar-refractivity contribution in [2.24, 2.45) is 11.8 Å². The number of nitrogens with zero attached hydrogens (tertiary/aromatic N) is 1. The second-order valence-corrected chi connectivity index (χ2v) is 8.55. The molecule has 4 rings (SSSR count). The van der Waals surface area contributed by atoms with Crippen molar-refractivity contribution in [1.29, 1.82) is 0 Å². The van der Waals surface area contributed by atoms with Crippen molar-refractivity contribution in [2.45, 2.75) is 44.7 Å². The number of carbonyl (C=O) groups is 4. The van der Waals surface area contributed by atoms with E-state index >= 15 is 0 Å². The molecule has 2 saturated heterocycles. The van der Waals surface area contributed by atoms with Gasteiger partial charge in [0, 0.05) is 44.0 Å². The molecule has 0 aliphatic carbocycles. The average Bonchev–Trinajstić information content (AvgIpc) is 3.30. The number of anilines is 1. The number of hydrogen-bond acceptors (Lipinski definition) is 6. The normalized spacial score (nSPS) is 28.9. The van der Waals surface area contributed by atoms with Crippen molar-refractivity contribution >= 4 is 29.4 Å². The molecule has 9 nitrogen and oxygen atoms in total. The van der Waals surface area contributed by atoms with Gasteiger partial charge in [-0.2, -0.15) is 0 Å². The molecule has 166 valence electrons. The van der Waals surface area contributed by atoms with Crippen LogP contribution in [-0.4, -0.2) is 60.0 Å². The molecular formula is C22H27N3O6. The molecule has 3 aliphatic heterocycles. The smallest absolute Gasteiger partial charge is 0.303 e. The number of imide groups is 1. The second kappa shape index (κ2) is 7.72. The Labute approximate surface area is 180 Å². The van der Waals surface area contributed by atoms with Crippen LogP contribution in [0, 0.1) is 25.7 Å². The molecule has 1 spiro atoms. The Kier molecular flexibility index (Phi) is 5.35. The highest BCUT2D eigenvalue weighted by Gasteiger charge is 2.70. The summed E-state index contributed by atoms with van der Waals surface area (Å²) in [6, 6.07) is 3.13. The lowest BCUT2D eigenvalue weighted by molar-refractivity contribution is -0.143. The summed E-state index contributed by atoms with van der Waals surface area (Å²) in [5, 5.41) is 15.4. The minimum absolute atomic E-state index is 0.149. The summed E-state index contributed by atoms with van der Waals surface area (Å²) in [6.07, 6.45) is 0.481. The minimum atomic E-state index is -1.38. The van der Waals surface area contributed by atoms with Gasteiger partial charge in [0.25, 0.3) is 0 Å². The number of carboxylic acid groups (broad SMARTS) is 1. The number of rotatable bonds is 7. The van der Waals surface area contributed by atoms with Gasteiger partial charge in [0.05, 0.1) is 11.8 Å². The molecule has 9 heteroatoms. The van der Waals surface area contributed by atoms with Crippen LogP contribution in [0.3, 0.4) is 0 Å². The molecule has 3 N–H and O–H groups in total. The molecule has 0 saturated carbocycles. The van der Waals surface area contributed by atoms with E-state index in [4.69, 9.17) is 4.74 Å². The number of carbonyl (C=O) groups excluding carboxylic acids is 3. The van der Waals surface area contributed by atoms with Gasteiger partial charge in [-0.25, -0.2) is 0 Å². The third-order valence-electron chi connectivity index (χ3n) is 6.91. The summed E-state index contributed by atoms with van der Waals surface area (Å²) in [7, 11) is 1.55. The van der Waals surface area contributed by atoms with E-state index in [0.29, 0.717) is 24.3 Å². The average molecular weight is 429 g/mol. The highest BCUT2D eigenvalue weighted by atomic mass is 16.5. The van der Waals surface area contributed by atoms with Crippen molar-refractivity contribution < 1.29 is 29.0 Å². The molecule has 0 bridgehead atoms. The quantitative estimate of drug-likeness (QED) is 0.435. The lowest BCUT2D eigenvalue weighted by atomic mass is 9.76. The van der Waals surface area contributed by atoms with Crippen LogP contribution in [0.15, 0.2) is 12.1 Å². The monoisotopic (exact) mass is 429 g/mol. The Bertz CT molecular complexity index is 976. The van der Waals surface area contributed by atoms with Crippen LogP contribution < -0.4 is 10.6 Å². The first-order valence-electron chi connectivity index (χ1n) is 10.5. The van der Waals surface area contributed by atoms with Crippen LogP contribution in [0.4, 0.5) is 5.69 Å². The zero-order chi connectivity index (χ0) is 22.5. The van der Waals surface area contributed by atoms with Crippen molar-refractivity contribution in [1.82, 2.24) is 10.2 Å². The molecule has 1 aromatic rings. The van der Waals surface area contributed by atoms with Crippen molar-refractivity contribution in [2.75, 3.05) is 25.6 Å². The van der Waals surface area contributed by atoms with Crippen LogP contribution in [-0.2, 0) is 29.5 Å². The van der Waals surface area contributed by atoms with Crippen LogP contribution in [0.1, 0.15) is 36.0 Å². The maximum atomic E-state index is 13.5. The summed E-state index contributed by atoms with van der Waals surface area (Å²) in [5.41, 5.74) is 1.83. The zero-order valence-corrected chi connectivity index (χ0v) is 17.9. The number of aryl methyl sites for hydroxylation is 1. The number of fused-ring (bicyclic) bond motifs is 4. The largest absolute Gasteiger partial charge is 0.481 e. The maximum Gasteiger partial charge on any atom is 0.303 e. The number of benzene rings is 1. The lowest BCUT2D eigenvalue weighted by Gasteiger charge is -2.29. The number of hydrogen-bond donors (Lipinski definition) is 3. The van der Waals surface area contributed by atoms with E-state index in [1.165, 1.54) is 4.90 Å². The van der Waals surface area contributed by atoms with E-state index in [1.54, 1.807) is 7.11 Å². The van der Waals surface area contributed by atoms with Gasteiger partial charge in [0.2, 0.25) is 17.7 Å². The predicted octanol–water partition coefficient (Wildman–Crippen LogP) is 0.925. The highest BCUT2D eigenvalue weighted by Crippen LogP contribution is 2.54. The van der Waals surface area contributed by atoms with Crippen molar-refractivity contribution in [3.8, 4) is 0 Å². The Balaban J connectivity index is 1.79. The second-order valence-electron chi connectivity index (χ2n) is 8.55. The Hall–Kier alpha value is -2.78. The van der Waals surface area contributed by atoms with Crippen LogP contribution in [0.5, 0.6) is 0 Å². The molecular weight excluding hydrogens is 402 g/mol. The lowest BCUT2D eigenvalue weighted by Crippen LogP contribution is -2.53. The third-order valence-corrected chi connectivity index (χ3v) is 6.91. The summed E-state index contributed by atoms with van der Waals surface area (Å²) >= 11 is 0. The van der Waals surface area contributed by atoms with Gasteiger partial charge < -0.3 is 15.2 Å². The van der Waals surface area contributed by atoms with Crippen molar-refractivity contribution in [3.63, 3.8) is 0 Å².